The fourth-order valence-corrected chi connectivity index (χ4v) is 5.20. The van der Waals surface area contributed by atoms with E-state index in [1.165, 1.54) is 6.42 Å². The molecule has 0 saturated heterocycles. The summed E-state index contributed by atoms with van der Waals surface area (Å²) in [6.07, 6.45) is 8.80. The standard InChI is InChI=1S/C29H32N2O2S/c32-28(19-18-24-11-4-1-5-12-24)31(26-15-8-3-9-16-26)23-29(33)30(22-27-17-10-20-34-27)21-25-13-6-2-7-14-25/h1-2,4-7,10-14,17-20,26H,3,8-9,15-16,21-23H2/b19-18+. The summed E-state index contributed by atoms with van der Waals surface area (Å²) in [4.78, 5) is 31.8. The number of carbonyl (C=O) groups is 2. The first kappa shape index (κ1) is 24.0. The average Bonchev–Trinajstić information content (AvgIpc) is 3.40. The van der Waals surface area contributed by atoms with Gasteiger partial charge in [0.25, 0.3) is 0 Å². The maximum Gasteiger partial charge on any atom is 0.247 e. The minimum Gasteiger partial charge on any atom is -0.332 e. The third-order valence-corrected chi connectivity index (χ3v) is 7.18. The summed E-state index contributed by atoms with van der Waals surface area (Å²) < 4.78 is 0. The summed E-state index contributed by atoms with van der Waals surface area (Å²) in [5, 5.41) is 2.03. The Morgan fingerprint density at radius 3 is 2.24 bits per heavy atom. The number of carbonyl (C=O) groups excluding carboxylic acids is 2. The summed E-state index contributed by atoms with van der Waals surface area (Å²) in [7, 11) is 0. The number of rotatable bonds is 9. The van der Waals surface area contributed by atoms with Gasteiger partial charge in [-0.25, -0.2) is 0 Å². The van der Waals surface area contributed by atoms with Crippen LogP contribution in [0, 0.1) is 0 Å². The quantitative estimate of drug-likeness (QED) is 0.350. The van der Waals surface area contributed by atoms with E-state index < -0.39 is 0 Å². The lowest BCUT2D eigenvalue weighted by atomic mass is 9.94. The Labute approximate surface area is 206 Å². The second-order valence-electron chi connectivity index (χ2n) is 8.82. The fourth-order valence-electron chi connectivity index (χ4n) is 4.48. The van der Waals surface area contributed by atoms with E-state index in [-0.39, 0.29) is 24.4 Å². The maximum absolute atomic E-state index is 13.6. The Balaban J connectivity index is 1.52. The van der Waals surface area contributed by atoms with Crippen molar-refractivity contribution >= 4 is 29.2 Å². The van der Waals surface area contributed by atoms with Gasteiger partial charge in [0.1, 0.15) is 6.54 Å². The van der Waals surface area contributed by atoms with Crippen LogP contribution in [0.3, 0.4) is 0 Å². The van der Waals surface area contributed by atoms with Crippen LogP contribution in [0.15, 0.2) is 84.3 Å². The highest BCUT2D eigenvalue weighted by atomic mass is 32.1. The average molecular weight is 473 g/mol. The summed E-state index contributed by atoms with van der Waals surface area (Å²) in [6, 6.07) is 24.1. The number of amides is 2. The van der Waals surface area contributed by atoms with Crippen LogP contribution in [0.4, 0.5) is 0 Å². The molecule has 0 unspecified atom stereocenters. The van der Waals surface area contributed by atoms with Gasteiger partial charge in [-0.1, -0.05) is 86.0 Å². The molecule has 1 aromatic heterocycles. The van der Waals surface area contributed by atoms with E-state index in [1.807, 2.05) is 88.0 Å². The Morgan fingerprint density at radius 2 is 1.56 bits per heavy atom. The molecule has 4 nitrogen and oxygen atoms in total. The van der Waals surface area contributed by atoms with E-state index in [4.69, 9.17) is 0 Å². The van der Waals surface area contributed by atoms with Gasteiger partial charge in [-0.15, -0.1) is 11.3 Å². The monoisotopic (exact) mass is 472 g/mol. The van der Waals surface area contributed by atoms with Crippen molar-refractivity contribution in [3.8, 4) is 0 Å². The second kappa shape index (κ2) is 12.3. The number of thiophene rings is 1. The fraction of sp³-hybridized carbons (Fsp3) is 0.310. The summed E-state index contributed by atoms with van der Waals surface area (Å²) in [6.45, 7) is 1.20. The van der Waals surface area contributed by atoms with E-state index in [1.54, 1.807) is 17.4 Å². The van der Waals surface area contributed by atoms with Crippen molar-refractivity contribution in [2.45, 2.75) is 51.2 Å². The van der Waals surface area contributed by atoms with E-state index in [2.05, 4.69) is 6.07 Å². The largest absolute Gasteiger partial charge is 0.332 e. The lowest BCUT2D eigenvalue weighted by Gasteiger charge is -2.35. The zero-order valence-electron chi connectivity index (χ0n) is 19.5. The van der Waals surface area contributed by atoms with Crippen molar-refractivity contribution in [3.05, 3.63) is 100 Å². The van der Waals surface area contributed by atoms with Gasteiger partial charge in [0.15, 0.2) is 0 Å². The highest BCUT2D eigenvalue weighted by molar-refractivity contribution is 7.09. The molecule has 4 rings (SSSR count). The highest BCUT2D eigenvalue weighted by Crippen LogP contribution is 2.24. The molecule has 34 heavy (non-hydrogen) atoms. The molecule has 2 amide bonds. The molecular weight excluding hydrogens is 440 g/mol. The van der Waals surface area contributed by atoms with Crippen molar-refractivity contribution in [1.82, 2.24) is 9.80 Å². The van der Waals surface area contributed by atoms with Crippen LogP contribution in [0.1, 0.15) is 48.1 Å². The van der Waals surface area contributed by atoms with Crippen LogP contribution in [0.2, 0.25) is 0 Å². The minimum absolute atomic E-state index is 0.00992. The molecule has 1 heterocycles. The second-order valence-corrected chi connectivity index (χ2v) is 9.85. The lowest BCUT2D eigenvalue weighted by Crippen LogP contribution is -2.47. The topological polar surface area (TPSA) is 40.6 Å². The molecular formula is C29H32N2O2S. The Hall–Kier alpha value is -3.18. The molecule has 0 N–H and O–H groups in total. The molecule has 1 aliphatic rings. The van der Waals surface area contributed by atoms with Crippen LogP contribution in [-0.4, -0.2) is 34.2 Å². The Kier molecular flexibility index (Phi) is 8.69. The summed E-state index contributed by atoms with van der Waals surface area (Å²) in [5.41, 5.74) is 2.07. The van der Waals surface area contributed by atoms with Crippen LogP contribution in [-0.2, 0) is 22.7 Å². The molecule has 1 fully saturated rings. The van der Waals surface area contributed by atoms with Crippen LogP contribution in [0.5, 0.6) is 0 Å². The first-order valence-electron chi connectivity index (χ1n) is 12.1. The lowest BCUT2D eigenvalue weighted by molar-refractivity contribution is -0.141. The zero-order valence-corrected chi connectivity index (χ0v) is 20.3. The third-order valence-electron chi connectivity index (χ3n) is 6.32. The van der Waals surface area contributed by atoms with Crippen LogP contribution >= 0.6 is 11.3 Å². The van der Waals surface area contributed by atoms with Crippen molar-refractivity contribution in [2.75, 3.05) is 6.54 Å². The predicted octanol–water partition coefficient (Wildman–Crippen LogP) is 6.15. The van der Waals surface area contributed by atoms with Crippen molar-refractivity contribution in [2.24, 2.45) is 0 Å². The molecule has 0 spiro atoms. The van der Waals surface area contributed by atoms with Gasteiger partial charge in [-0.3, -0.25) is 9.59 Å². The zero-order chi connectivity index (χ0) is 23.6. The number of nitrogens with zero attached hydrogens (tertiary/aromatic N) is 2. The molecule has 0 aliphatic heterocycles. The minimum atomic E-state index is -0.0834. The normalized spacial score (nSPS) is 14.2. The van der Waals surface area contributed by atoms with Crippen LogP contribution < -0.4 is 0 Å². The van der Waals surface area contributed by atoms with Gasteiger partial charge in [0.2, 0.25) is 11.8 Å². The van der Waals surface area contributed by atoms with E-state index in [0.29, 0.717) is 13.1 Å². The summed E-state index contributed by atoms with van der Waals surface area (Å²) >= 11 is 1.65. The van der Waals surface area contributed by atoms with Crippen molar-refractivity contribution in [1.29, 1.82) is 0 Å². The van der Waals surface area contributed by atoms with Gasteiger partial charge >= 0.3 is 0 Å². The summed E-state index contributed by atoms with van der Waals surface area (Å²) in [5.74, 6) is -0.0934. The molecule has 0 bridgehead atoms. The molecule has 1 saturated carbocycles. The molecule has 0 radical (unpaired) electrons. The first-order chi connectivity index (χ1) is 16.7. The van der Waals surface area contributed by atoms with Gasteiger partial charge in [-0.05, 0) is 41.5 Å². The SMILES string of the molecule is O=C(CN(C(=O)/C=C/c1ccccc1)C1CCCCC1)N(Cc1ccccc1)Cc1cccs1. The predicted molar refractivity (Wildman–Crippen MR) is 139 cm³/mol. The Bertz CT molecular complexity index is 1060. The number of hydrogen-bond acceptors (Lipinski definition) is 3. The molecule has 0 atom stereocenters. The number of hydrogen-bond donors (Lipinski definition) is 0. The molecule has 2 aromatic carbocycles. The van der Waals surface area contributed by atoms with Crippen molar-refractivity contribution < 1.29 is 9.59 Å². The Morgan fingerprint density at radius 1 is 0.853 bits per heavy atom. The number of benzene rings is 2. The van der Waals surface area contributed by atoms with E-state index >= 15 is 0 Å². The molecule has 1 aliphatic carbocycles. The van der Waals surface area contributed by atoms with Gasteiger partial charge in [0, 0.05) is 23.5 Å². The highest BCUT2D eigenvalue weighted by Gasteiger charge is 2.28. The van der Waals surface area contributed by atoms with Gasteiger partial charge < -0.3 is 9.80 Å². The molecule has 5 heteroatoms. The molecule has 176 valence electrons. The van der Waals surface area contributed by atoms with E-state index in [9.17, 15) is 9.59 Å². The van der Waals surface area contributed by atoms with E-state index in [0.717, 1.165) is 41.7 Å². The van der Waals surface area contributed by atoms with Gasteiger partial charge in [-0.2, -0.15) is 0 Å². The third kappa shape index (κ3) is 6.91. The van der Waals surface area contributed by atoms with Crippen molar-refractivity contribution in [3.63, 3.8) is 0 Å². The van der Waals surface area contributed by atoms with Gasteiger partial charge in [0.05, 0.1) is 6.54 Å². The molecule has 3 aromatic rings. The van der Waals surface area contributed by atoms with Crippen LogP contribution in [0.25, 0.3) is 6.08 Å². The smallest absolute Gasteiger partial charge is 0.247 e. The maximum atomic E-state index is 13.6. The first-order valence-corrected chi connectivity index (χ1v) is 12.9.